The van der Waals surface area contributed by atoms with Crippen LogP contribution in [0.5, 0.6) is 0 Å². The van der Waals surface area contributed by atoms with Crippen molar-refractivity contribution in [3.63, 3.8) is 0 Å². The molecule has 1 N–H and O–H groups in total. The zero-order chi connectivity index (χ0) is 19.8. The Hall–Kier alpha value is -3.47. The predicted octanol–water partition coefficient (Wildman–Crippen LogP) is 3.66. The quantitative estimate of drug-likeness (QED) is 0.482. The summed E-state index contributed by atoms with van der Waals surface area (Å²) in [4.78, 5) is 35.9. The SMILES string of the molecule is O=C(CCC(=O)c1ccc2ccccc2c1)NCC(=O)OCc1ccccc1. The van der Waals surface area contributed by atoms with E-state index >= 15 is 0 Å². The van der Waals surface area contributed by atoms with Gasteiger partial charge in [-0.1, -0.05) is 66.7 Å². The van der Waals surface area contributed by atoms with Gasteiger partial charge in [-0.15, -0.1) is 0 Å². The zero-order valence-electron chi connectivity index (χ0n) is 15.4. The van der Waals surface area contributed by atoms with Crippen LogP contribution >= 0.6 is 0 Å². The normalized spacial score (nSPS) is 10.4. The molecule has 0 saturated carbocycles. The Morgan fingerprint density at radius 2 is 1.50 bits per heavy atom. The van der Waals surface area contributed by atoms with Crippen molar-refractivity contribution < 1.29 is 19.1 Å². The lowest BCUT2D eigenvalue weighted by molar-refractivity contribution is -0.145. The number of hydrogen-bond donors (Lipinski definition) is 1. The van der Waals surface area contributed by atoms with Crippen LogP contribution in [0.4, 0.5) is 0 Å². The highest BCUT2D eigenvalue weighted by Crippen LogP contribution is 2.17. The van der Waals surface area contributed by atoms with Gasteiger partial charge in [0.25, 0.3) is 0 Å². The first-order valence-corrected chi connectivity index (χ1v) is 9.10. The Bertz CT molecular complexity index is 982. The van der Waals surface area contributed by atoms with E-state index in [0.29, 0.717) is 5.56 Å². The number of rotatable bonds is 8. The van der Waals surface area contributed by atoms with Crippen molar-refractivity contribution in [2.75, 3.05) is 6.54 Å². The maximum atomic E-state index is 12.3. The highest BCUT2D eigenvalue weighted by molar-refractivity contribution is 6.01. The van der Waals surface area contributed by atoms with E-state index in [2.05, 4.69) is 5.32 Å². The summed E-state index contributed by atoms with van der Waals surface area (Å²) in [6.07, 6.45) is 0.112. The summed E-state index contributed by atoms with van der Waals surface area (Å²) >= 11 is 0. The van der Waals surface area contributed by atoms with Gasteiger partial charge in [-0.25, -0.2) is 0 Å². The number of fused-ring (bicyclic) bond motifs is 1. The molecule has 0 aliphatic heterocycles. The van der Waals surface area contributed by atoms with Crippen molar-refractivity contribution in [2.45, 2.75) is 19.4 Å². The lowest BCUT2D eigenvalue weighted by atomic mass is 10.0. The average molecular weight is 375 g/mol. The molecule has 0 aliphatic rings. The minimum Gasteiger partial charge on any atom is -0.460 e. The van der Waals surface area contributed by atoms with Crippen molar-refractivity contribution in [1.82, 2.24) is 5.32 Å². The molecular weight excluding hydrogens is 354 g/mol. The lowest BCUT2D eigenvalue weighted by Crippen LogP contribution is -2.30. The molecule has 0 saturated heterocycles. The zero-order valence-corrected chi connectivity index (χ0v) is 15.4. The molecule has 3 aromatic rings. The van der Waals surface area contributed by atoms with Crippen LogP contribution in [0.3, 0.4) is 0 Å². The van der Waals surface area contributed by atoms with E-state index in [1.54, 1.807) is 6.07 Å². The third-order valence-corrected chi connectivity index (χ3v) is 4.32. The van der Waals surface area contributed by atoms with Crippen molar-refractivity contribution in [1.29, 1.82) is 0 Å². The van der Waals surface area contributed by atoms with E-state index in [-0.39, 0.29) is 37.7 Å². The minimum atomic E-state index is -0.516. The molecule has 0 unspecified atom stereocenters. The van der Waals surface area contributed by atoms with Crippen LogP contribution in [0.2, 0.25) is 0 Å². The molecule has 0 aliphatic carbocycles. The van der Waals surface area contributed by atoms with Gasteiger partial charge >= 0.3 is 5.97 Å². The number of Topliss-reactive ketones (excluding diaryl/α,β-unsaturated/α-hetero) is 1. The Balaban J connectivity index is 1.40. The second kappa shape index (κ2) is 9.46. The predicted molar refractivity (Wildman–Crippen MR) is 107 cm³/mol. The molecule has 142 valence electrons. The van der Waals surface area contributed by atoms with Crippen LogP contribution in [-0.4, -0.2) is 24.2 Å². The number of ether oxygens (including phenoxy) is 1. The van der Waals surface area contributed by atoms with Crippen LogP contribution in [0.15, 0.2) is 72.8 Å². The van der Waals surface area contributed by atoms with Gasteiger partial charge in [0.1, 0.15) is 13.2 Å². The third kappa shape index (κ3) is 5.51. The molecule has 0 fully saturated rings. The number of hydrogen-bond acceptors (Lipinski definition) is 4. The summed E-state index contributed by atoms with van der Waals surface area (Å²) in [5, 5.41) is 4.54. The van der Waals surface area contributed by atoms with Gasteiger partial charge in [-0.05, 0) is 22.4 Å². The first kappa shape index (κ1) is 19.3. The van der Waals surface area contributed by atoms with E-state index in [0.717, 1.165) is 16.3 Å². The fraction of sp³-hybridized carbons (Fsp3) is 0.174. The second-order valence-electron chi connectivity index (χ2n) is 6.41. The Morgan fingerprint density at radius 1 is 0.786 bits per heavy atom. The van der Waals surface area contributed by atoms with Crippen LogP contribution in [0, 0.1) is 0 Å². The molecule has 3 rings (SSSR count). The van der Waals surface area contributed by atoms with Gasteiger partial charge in [0.15, 0.2) is 5.78 Å². The summed E-state index contributed by atoms with van der Waals surface area (Å²) in [6.45, 7) is -0.0498. The number of nitrogens with one attached hydrogen (secondary N) is 1. The summed E-state index contributed by atoms with van der Waals surface area (Å²) < 4.78 is 5.09. The highest BCUT2D eigenvalue weighted by atomic mass is 16.5. The number of ketones is 1. The first-order valence-electron chi connectivity index (χ1n) is 9.10. The smallest absolute Gasteiger partial charge is 0.325 e. The third-order valence-electron chi connectivity index (χ3n) is 4.32. The van der Waals surface area contributed by atoms with Gasteiger partial charge in [-0.2, -0.15) is 0 Å². The maximum absolute atomic E-state index is 12.3. The van der Waals surface area contributed by atoms with Gasteiger partial charge in [0, 0.05) is 18.4 Å². The standard InChI is InChI=1S/C23H21NO4/c25-21(20-11-10-18-8-4-5-9-19(18)14-20)12-13-22(26)24-15-23(27)28-16-17-6-2-1-3-7-17/h1-11,14H,12-13,15-16H2,(H,24,26). The van der Waals surface area contributed by atoms with Crippen molar-refractivity contribution in [3.05, 3.63) is 83.9 Å². The van der Waals surface area contributed by atoms with Crippen LogP contribution in [0.1, 0.15) is 28.8 Å². The topological polar surface area (TPSA) is 72.5 Å². The Labute approximate surface area is 163 Å². The fourth-order valence-corrected chi connectivity index (χ4v) is 2.78. The van der Waals surface area contributed by atoms with Gasteiger partial charge in [0.05, 0.1) is 0 Å². The van der Waals surface area contributed by atoms with Gasteiger partial charge in [0.2, 0.25) is 5.91 Å². The first-order chi connectivity index (χ1) is 13.6. The molecule has 0 spiro atoms. The lowest BCUT2D eigenvalue weighted by Gasteiger charge is -2.07. The Morgan fingerprint density at radius 3 is 2.29 bits per heavy atom. The molecule has 0 radical (unpaired) electrons. The Kier molecular flexibility index (Phi) is 6.52. The van der Waals surface area contributed by atoms with Crippen molar-refractivity contribution in [2.24, 2.45) is 0 Å². The average Bonchev–Trinajstić information content (AvgIpc) is 2.75. The number of carbonyl (C=O) groups excluding carboxylic acids is 3. The molecule has 28 heavy (non-hydrogen) atoms. The van der Waals surface area contributed by atoms with E-state index < -0.39 is 5.97 Å². The van der Waals surface area contributed by atoms with E-state index in [1.807, 2.05) is 66.7 Å². The minimum absolute atomic E-state index is 0.0254. The maximum Gasteiger partial charge on any atom is 0.325 e. The van der Waals surface area contributed by atoms with Crippen molar-refractivity contribution >= 4 is 28.4 Å². The summed E-state index contributed by atoms with van der Waals surface area (Å²) in [5.74, 6) is -0.976. The molecule has 3 aromatic carbocycles. The van der Waals surface area contributed by atoms with E-state index in [1.165, 1.54) is 0 Å². The monoisotopic (exact) mass is 375 g/mol. The molecule has 1 amide bonds. The number of benzene rings is 3. The number of carbonyl (C=O) groups is 3. The molecule has 5 heteroatoms. The largest absolute Gasteiger partial charge is 0.460 e. The molecule has 0 bridgehead atoms. The van der Waals surface area contributed by atoms with Crippen LogP contribution in [-0.2, 0) is 20.9 Å². The molecule has 0 heterocycles. The molecule has 5 nitrogen and oxygen atoms in total. The van der Waals surface area contributed by atoms with Crippen LogP contribution < -0.4 is 5.32 Å². The van der Waals surface area contributed by atoms with Gasteiger partial charge in [-0.3, -0.25) is 14.4 Å². The van der Waals surface area contributed by atoms with Crippen molar-refractivity contribution in [3.8, 4) is 0 Å². The highest BCUT2D eigenvalue weighted by Gasteiger charge is 2.11. The summed E-state index contributed by atoms with van der Waals surface area (Å²) in [7, 11) is 0. The van der Waals surface area contributed by atoms with E-state index in [4.69, 9.17) is 4.74 Å². The fourth-order valence-electron chi connectivity index (χ4n) is 2.78. The number of esters is 1. The molecular formula is C23H21NO4. The molecule has 0 atom stereocenters. The van der Waals surface area contributed by atoms with E-state index in [9.17, 15) is 14.4 Å². The molecule has 0 aromatic heterocycles. The summed E-state index contributed by atoms with van der Waals surface area (Å²) in [5.41, 5.74) is 1.46. The van der Waals surface area contributed by atoms with Crippen LogP contribution in [0.25, 0.3) is 10.8 Å². The number of amides is 1. The second-order valence-corrected chi connectivity index (χ2v) is 6.41. The van der Waals surface area contributed by atoms with Gasteiger partial charge < -0.3 is 10.1 Å². The summed E-state index contributed by atoms with van der Waals surface area (Å²) in [6, 6.07) is 22.6.